The molecule has 1 rings (SSSR count). The molecule has 0 aromatic heterocycles. The number of carbonyl (C=O) groups excluding carboxylic acids is 1. The van der Waals surface area contributed by atoms with Crippen LogP contribution in [0.1, 0.15) is 51.8 Å². The first kappa shape index (κ1) is 19.1. The van der Waals surface area contributed by atoms with Crippen LogP contribution < -0.4 is 10.6 Å². The van der Waals surface area contributed by atoms with Gasteiger partial charge in [-0.25, -0.2) is 4.79 Å². The Bertz CT molecular complexity index is 521. The van der Waals surface area contributed by atoms with E-state index >= 15 is 0 Å². The zero-order chi connectivity index (χ0) is 17.6. The van der Waals surface area contributed by atoms with Crippen molar-refractivity contribution in [3.8, 4) is 0 Å². The van der Waals surface area contributed by atoms with E-state index in [2.05, 4.69) is 55.3 Å². The SMILES string of the molecule is C=C(N[C@H](C)c1ccc(C)cc1)[C@@H](NC(=O)OC(C)C)C(C)C. The van der Waals surface area contributed by atoms with Crippen LogP contribution in [0.25, 0.3) is 0 Å². The van der Waals surface area contributed by atoms with E-state index in [1.165, 1.54) is 11.1 Å². The molecule has 1 aromatic rings. The zero-order valence-corrected chi connectivity index (χ0v) is 15.1. The average Bonchev–Trinajstić information content (AvgIpc) is 2.44. The van der Waals surface area contributed by atoms with Gasteiger partial charge in [-0.2, -0.15) is 0 Å². The van der Waals surface area contributed by atoms with Crippen molar-refractivity contribution in [3.05, 3.63) is 47.7 Å². The van der Waals surface area contributed by atoms with Gasteiger partial charge in [-0.05, 0) is 39.2 Å². The fourth-order valence-electron chi connectivity index (χ4n) is 2.34. The molecule has 2 atom stereocenters. The summed E-state index contributed by atoms with van der Waals surface area (Å²) in [6, 6.07) is 8.32. The predicted octanol–water partition coefficient (Wildman–Crippen LogP) is 4.32. The first-order valence-electron chi connectivity index (χ1n) is 8.19. The second-order valence-electron chi connectivity index (χ2n) is 6.62. The molecule has 4 nitrogen and oxygen atoms in total. The van der Waals surface area contributed by atoms with E-state index in [4.69, 9.17) is 4.74 Å². The minimum Gasteiger partial charge on any atom is -0.447 e. The summed E-state index contributed by atoms with van der Waals surface area (Å²) < 4.78 is 5.16. The van der Waals surface area contributed by atoms with Crippen molar-refractivity contribution in [3.63, 3.8) is 0 Å². The summed E-state index contributed by atoms with van der Waals surface area (Å²) in [7, 11) is 0. The molecule has 0 saturated carbocycles. The number of hydrogen-bond acceptors (Lipinski definition) is 3. The number of amides is 1. The number of alkyl carbamates (subject to hydrolysis) is 1. The van der Waals surface area contributed by atoms with Gasteiger partial charge in [0.1, 0.15) is 0 Å². The number of carbonyl (C=O) groups is 1. The summed E-state index contributed by atoms with van der Waals surface area (Å²) in [6.07, 6.45) is -0.555. The Labute approximate surface area is 140 Å². The maximum atomic E-state index is 11.9. The third-order valence-corrected chi connectivity index (χ3v) is 3.64. The van der Waals surface area contributed by atoms with Crippen molar-refractivity contribution in [1.29, 1.82) is 0 Å². The Hall–Kier alpha value is -1.97. The number of aryl methyl sites for hydroxylation is 1. The van der Waals surface area contributed by atoms with Gasteiger partial charge in [0.25, 0.3) is 0 Å². The second kappa shape index (κ2) is 8.61. The van der Waals surface area contributed by atoms with Crippen LogP contribution in [0.4, 0.5) is 4.79 Å². The van der Waals surface area contributed by atoms with Crippen LogP contribution >= 0.6 is 0 Å². The van der Waals surface area contributed by atoms with Gasteiger partial charge in [-0.15, -0.1) is 0 Å². The lowest BCUT2D eigenvalue weighted by Crippen LogP contribution is -2.44. The number of rotatable bonds is 7. The zero-order valence-electron chi connectivity index (χ0n) is 15.1. The summed E-state index contributed by atoms with van der Waals surface area (Å²) in [6.45, 7) is 16.0. The van der Waals surface area contributed by atoms with Crippen molar-refractivity contribution in [2.24, 2.45) is 5.92 Å². The fourth-order valence-corrected chi connectivity index (χ4v) is 2.34. The molecule has 0 spiro atoms. The molecule has 1 aromatic carbocycles. The molecule has 23 heavy (non-hydrogen) atoms. The molecule has 4 heteroatoms. The van der Waals surface area contributed by atoms with Gasteiger partial charge < -0.3 is 15.4 Å². The Kier molecular flexibility index (Phi) is 7.14. The van der Waals surface area contributed by atoms with E-state index in [1.54, 1.807) is 0 Å². The number of nitrogens with one attached hydrogen (secondary N) is 2. The van der Waals surface area contributed by atoms with Crippen molar-refractivity contribution in [2.75, 3.05) is 0 Å². The molecule has 0 saturated heterocycles. The number of hydrogen-bond donors (Lipinski definition) is 2. The molecule has 128 valence electrons. The number of ether oxygens (including phenoxy) is 1. The van der Waals surface area contributed by atoms with Crippen LogP contribution in [-0.2, 0) is 4.74 Å². The van der Waals surface area contributed by atoms with E-state index in [9.17, 15) is 4.79 Å². The minimum absolute atomic E-state index is 0.118. The van der Waals surface area contributed by atoms with Crippen molar-refractivity contribution in [2.45, 2.75) is 59.7 Å². The Morgan fingerprint density at radius 2 is 1.61 bits per heavy atom. The lowest BCUT2D eigenvalue weighted by Gasteiger charge is -2.28. The molecular weight excluding hydrogens is 288 g/mol. The highest BCUT2D eigenvalue weighted by Crippen LogP contribution is 2.17. The van der Waals surface area contributed by atoms with Crippen molar-refractivity contribution in [1.82, 2.24) is 10.6 Å². The third-order valence-electron chi connectivity index (χ3n) is 3.64. The molecule has 0 heterocycles. The quantitative estimate of drug-likeness (QED) is 0.787. The van der Waals surface area contributed by atoms with Gasteiger partial charge in [0.15, 0.2) is 0 Å². The van der Waals surface area contributed by atoms with Gasteiger partial charge in [0, 0.05) is 11.7 Å². The average molecular weight is 318 g/mol. The summed E-state index contributed by atoms with van der Waals surface area (Å²) in [5, 5.41) is 6.28. The monoisotopic (exact) mass is 318 g/mol. The van der Waals surface area contributed by atoms with Crippen LogP contribution in [0.5, 0.6) is 0 Å². The highest BCUT2D eigenvalue weighted by atomic mass is 16.6. The summed E-state index contributed by atoms with van der Waals surface area (Å²) in [5.74, 6) is 0.208. The molecular formula is C19H30N2O2. The molecule has 0 aliphatic rings. The van der Waals surface area contributed by atoms with E-state index < -0.39 is 6.09 Å². The molecule has 0 aliphatic carbocycles. The fraction of sp³-hybridized carbons (Fsp3) is 0.526. The summed E-state index contributed by atoms with van der Waals surface area (Å²) >= 11 is 0. The van der Waals surface area contributed by atoms with Gasteiger partial charge in [0.05, 0.1) is 12.1 Å². The van der Waals surface area contributed by atoms with Crippen LogP contribution in [0.3, 0.4) is 0 Å². The van der Waals surface area contributed by atoms with E-state index in [0.29, 0.717) is 0 Å². The maximum Gasteiger partial charge on any atom is 0.407 e. The molecule has 2 N–H and O–H groups in total. The normalized spacial score (nSPS) is 13.6. The van der Waals surface area contributed by atoms with E-state index in [0.717, 1.165) is 5.70 Å². The lowest BCUT2D eigenvalue weighted by molar-refractivity contribution is 0.111. The van der Waals surface area contributed by atoms with E-state index in [1.807, 2.05) is 27.7 Å². The third kappa shape index (κ3) is 6.35. The molecule has 0 radical (unpaired) electrons. The Morgan fingerprint density at radius 1 is 1.04 bits per heavy atom. The molecule has 1 amide bonds. The second-order valence-corrected chi connectivity index (χ2v) is 6.62. The Morgan fingerprint density at radius 3 is 2.09 bits per heavy atom. The topological polar surface area (TPSA) is 50.4 Å². The van der Waals surface area contributed by atoms with Gasteiger partial charge in [-0.1, -0.05) is 50.3 Å². The summed E-state index contributed by atoms with van der Waals surface area (Å²) in [5.41, 5.74) is 3.20. The van der Waals surface area contributed by atoms with Gasteiger partial charge >= 0.3 is 6.09 Å². The van der Waals surface area contributed by atoms with Gasteiger partial charge in [0.2, 0.25) is 0 Å². The van der Waals surface area contributed by atoms with Crippen LogP contribution in [0.15, 0.2) is 36.5 Å². The predicted molar refractivity (Wildman–Crippen MR) is 95.2 cm³/mol. The summed E-state index contributed by atoms with van der Waals surface area (Å²) in [4.78, 5) is 11.9. The highest BCUT2D eigenvalue weighted by molar-refractivity contribution is 5.68. The van der Waals surface area contributed by atoms with Crippen molar-refractivity contribution >= 4 is 6.09 Å². The van der Waals surface area contributed by atoms with Crippen LogP contribution in [-0.4, -0.2) is 18.2 Å². The first-order valence-corrected chi connectivity index (χ1v) is 8.19. The smallest absolute Gasteiger partial charge is 0.407 e. The minimum atomic E-state index is -0.412. The maximum absolute atomic E-state index is 11.9. The van der Waals surface area contributed by atoms with Crippen LogP contribution in [0, 0.1) is 12.8 Å². The highest BCUT2D eigenvalue weighted by Gasteiger charge is 2.22. The molecule has 0 unspecified atom stereocenters. The molecule has 0 aliphatic heterocycles. The van der Waals surface area contributed by atoms with E-state index in [-0.39, 0.29) is 24.1 Å². The largest absolute Gasteiger partial charge is 0.447 e. The van der Waals surface area contributed by atoms with Crippen LogP contribution in [0.2, 0.25) is 0 Å². The lowest BCUT2D eigenvalue weighted by atomic mass is 10.00. The van der Waals surface area contributed by atoms with Gasteiger partial charge in [-0.3, -0.25) is 0 Å². The first-order chi connectivity index (χ1) is 10.7. The molecule has 0 bridgehead atoms. The molecule has 0 fully saturated rings. The number of benzene rings is 1. The standard InChI is InChI=1S/C19H30N2O2/c1-12(2)18(21-19(22)23-13(3)4)16(7)20-15(6)17-10-8-14(5)9-11-17/h8-13,15,18,20H,7H2,1-6H3,(H,21,22)/t15-,18+/m1/s1. The van der Waals surface area contributed by atoms with Crippen molar-refractivity contribution < 1.29 is 9.53 Å². The Balaban J connectivity index is 2.70.